The summed E-state index contributed by atoms with van der Waals surface area (Å²) in [7, 11) is 1.69. The molecule has 4 nitrogen and oxygen atoms in total. The van der Waals surface area contributed by atoms with E-state index in [-0.39, 0.29) is 11.9 Å². The van der Waals surface area contributed by atoms with Gasteiger partial charge in [0.05, 0.1) is 0 Å². The smallest absolute Gasteiger partial charge is 0.241 e. The number of carbonyl (C=O) groups is 1. The van der Waals surface area contributed by atoms with Gasteiger partial charge in [-0.2, -0.15) is 0 Å². The van der Waals surface area contributed by atoms with Gasteiger partial charge in [0.15, 0.2) is 0 Å². The maximum absolute atomic E-state index is 12.0. The topological polar surface area (TPSA) is 44.4 Å². The van der Waals surface area contributed by atoms with Crippen molar-refractivity contribution in [2.24, 2.45) is 0 Å². The highest BCUT2D eigenvalue weighted by Gasteiger charge is 2.27. The largest absolute Gasteiger partial charge is 0.358 e. The molecule has 0 saturated carbocycles. The quantitative estimate of drug-likeness (QED) is 0.793. The Bertz CT molecular complexity index is 360. The molecular weight excluding hydrogens is 214 g/mol. The Labute approximate surface area is 102 Å². The third-order valence-electron chi connectivity index (χ3n) is 3.13. The summed E-state index contributed by atoms with van der Waals surface area (Å²) >= 11 is 0. The second-order valence-electron chi connectivity index (χ2n) is 4.21. The van der Waals surface area contributed by atoms with Crippen LogP contribution in [0, 0.1) is 0 Å². The van der Waals surface area contributed by atoms with Gasteiger partial charge in [-0.1, -0.05) is 30.3 Å². The molecule has 1 aromatic rings. The molecule has 0 spiro atoms. The number of hydrogen-bond donors (Lipinski definition) is 2. The predicted molar refractivity (Wildman–Crippen MR) is 67.7 cm³/mol. The van der Waals surface area contributed by atoms with Gasteiger partial charge in [0, 0.05) is 33.2 Å². The third-order valence-corrected chi connectivity index (χ3v) is 3.13. The predicted octanol–water partition coefficient (Wildman–Crippen LogP) is 0.379. The zero-order valence-electron chi connectivity index (χ0n) is 10.1. The van der Waals surface area contributed by atoms with Crippen molar-refractivity contribution >= 4 is 5.91 Å². The number of hydrogen-bond acceptors (Lipinski definition) is 3. The number of carbonyl (C=O) groups excluding carboxylic acids is 1. The molecule has 1 aliphatic heterocycles. The number of rotatable bonds is 3. The Morgan fingerprint density at radius 3 is 2.53 bits per heavy atom. The van der Waals surface area contributed by atoms with E-state index in [1.54, 1.807) is 7.05 Å². The van der Waals surface area contributed by atoms with Crippen LogP contribution in [0.5, 0.6) is 0 Å². The lowest BCUT2D eigenvalue weighted by Gasteiger charge is -2.33. The average Bonchev–Trinajstić information content (AvgIpc) is 2.41. The van der Waals surface area contributed by atoms with E-state index in [1.807, 2.05) is 30.3 Å². The van der Waals surface area contributed by atoms with Crippen LogP contribution in [0.25, 0.3) is 0 Å². The molecule has 1 unspecified atom stereocenters. The van der Waals surface area contributed by atoms with Crippen molar-refractivity contribution in [2.75, 3.05) is 33.2 Å². The van der Waals surface area contributed by atoms with Crippen LogP contribution in [0.4, 0.5) is 0 Å². The summed E-state index contributed by atoms with van der Waals surface area (Å²) in [6.45, 7) is 3.71. The first kappa shape index (κ1) is 12.1. The van der Waals surface area contributed by atoms with Crippen LogP contribution < -0.4 is 10.6 Å². The van der Waals surface area contributed by atoms with Crippen molar-refractivity contribution in [1.29, 1.82) is 0 Å². The molecule has 2 N–H and O–H groups in total. The molecule has 1 aliphatic rings. The standard InChI is InChI=1S/C13H19N3O/c1-14-13(17)12(11-5-3-2-4-6-11)16-9-7-15-8-10-16/h2-6,12,15H,7-10H2,1H3,(H,14,17). The van der Waals surface area contributed by atoms with Crippen LogP contribution >= 0.6 is 0 Å². The zero-order valence-corrected chi connectivity index (χ0v) is 10.1. The first-order chi connectivity index (χ1) is 8.33. The summed E-state index contributed by atoms with van der Waals surface area (Å²) < 4.78 is 0. The van der Waals surface area contributed by atoms with E-state index >= 15 is 0 Å². The van der Waals surface area contributed by atoms with Gasteiger partial charge in [-0.15, -0.1) is 0 Å². The minimum atomic E-state index is -0.164. The van der Waals surface area contributed by atoms with E-state index in [0.29, 0.717) is 0 Å². The number of amides is 1. The highest BCUT2D eigenvalue weighted by atomic mass is 16.2. The maximum atomic E-state index is 12.0. The van der Waals surface area contributed by atoms with Gasteiger partial charge in [-0.3, -0.25) is 9.69 Å². The second kappa shape index (κ2) is 5.80. The summed E-state index contributed by atoms with van der Waals surface area (Å²) in [6.07, 6.45) is 0. The SMILES string of the molecule is CNC(=O)C(c1ccccc1)N1CCNCC1. The molecule has 0 bridgehead atoms. The molecular formula is C13H19N3O. The Morgan fingerprint density at radius 2 is 1.94 bits per heavy atom. The number of benzene rings is 1. The van der Waals surface area contributed by atoms with Gasteiger partial charge in [-0.25, -0.2) is 0 Å². The Kier molecular flexibility index (Phi) is 4.12. The monoisotopic (exact) mass is 233 g/mol. The summed E-state index contributed by atoms with van der Waals surface area (Å²) in [5, 5.41) is 6.06. The lowest BCUT2D eigenvalue weighted by atomic mass is 10.0. The fourth-order valence-corrected chi connectivity index (χ4v) is 2.24. The van der Waals surface area contributed by atoms with E-state index in [1.165, 1.54) is 0 Å². The maximum Gasteiger partial charge on any atom is 0.241 e. The Balaban J connectivity index is 2.21. The molecule has 1 atom stereocenters. The minimum absolute atomic E-state index is 0.0677. The third kappa shape index (κ3) is 2.84. The Morgan fingerprint density at radius 1 is 1.29 bits per heavy atom. The Hall–Kier alpha value is -1.39. The lowest BCUT2D eigenvalue weighted by Crippen LogP contribution is -2.49. The van der Waals surface area contributed by atoms with Crippen molar-refractivity contribution in [2.45, 2.75) is 6.04 Å². The normalized spacial score (nSPS) is 18.6. The fraction of sp³-hybridized carbons (Fsp3) is 0.462. The van der Waals surface area contributed by atoms with Crippen molar-refractivity contribution in [3.63, 3.8) is 0 Å². The van der Waals surface area contributed by atoms with E-state index in [9.17, 15) is 4.79 Å². The minimum Gasteiger partial charge on any atom is -0.358 e. The van der Waals surface area contributed by atoms with Crippen molar-refractivity contribution in [3.05, 3.63) is 35.9 Å². The highest BCUT2D eigenvalue weighted by molar-refractivity contribution is 5.82. The van der Waals surface area contributed by atoms with E-state index in [2.05, 4.69) is 15.5 Å². The van der Waals surface area contributed by atoms with Crippen LogP contribution in [0.2, 0.25) is 0 Å². The summed E-state index contributed by atoms with van der Waals surface area (Å²) in [4.78, 5) is 14.3. The van der Waals surface area contributed by atoms with Gasteiger partial charge >= 0.3 is 0 Å². The molecule has 4 heteroatoms. The molecule has 1 fully saturated rings. The van der Waals surface area contributed by atoms with Gasteiger partial charge in [-0.05, 0) is 5.56 Å². The number of piperazine rings is 1. The summed E-state index contributed by atoms with van der Waals surface area (Å²) in [5.41, 5.74) is 1.06. The molecule has 2 rings (SSSR count). The van der Waals surface area contributed by atoms with Crippen LogP contribution in [0.15, 0.2) is 30.3 Å². The number of nitrogens with one attached hydrogen (secondary N) is 2. The van der Waals surface area contributed by atoms with Crippen LogP contribution in [0.1, 0.15) is 11.6 Å². The highest BCUT2D eigenvalue weighted by Crippen LogP contribution is 2.20. The summed E-state index contributed by atoms with van der Waals surface area (Å²) in [5.74, 6) is 0.0677. The van der Waals surface area contributed by atoms with E-state index in [0.717, 1.165) is 31.7 Å². The molecule has 17 heavy (non-hydrogen) atoms. The molecule has 0 aromatic heterocycles. The van der Waals surface area contributed by atoms with Crippen molar-refractivity contribution < 1.29 is 4.79 Å². The lowest BCUT2D eigenvalue weighted by molar-refractivity contribution is -0.126. The van der Waals surface area contributed by atoms with Crippen molar-refractivity contribution in [3.8, 4) is 0 Å². The number of likely N-dealkylation sites (N-methyl/N-ethyl adjacent to an activating group) is 1. The molecule has 1 saturated heterocycles. The molecule has 0 radical (unpaired) electrons. The first-order valence-corrected chi connectivity index (χ1v) is 6.04. The zero-order chi connectivity index (χ0) is 12.1. The second-order valence-corrected chi connectivity index (χ2v) is 4.21. The number of nitrogens with zero attached hydrogens (tertiary/aromatic N) is 1. The summed E-state index contributed by atoms with van der Waals surface area (Å²) in [6, 6.07) is 9.80. The molecule has 0 aliphatic carbocycles. The van der Waals surface area contributed by atoms with Gasteiger partial charge in [0.2, 0.25) is 5.91 Å². The van der Waals surface area contributed by atoms with Crippen LogP contribution in [-0.2, 0) is 4.79 Å². The van der Waals surface area contributed by atoms with E-state index < -0.39 is 0 Å². The average molecular weight is 233 g/mol. The van der Waals surface area contributed by atoms with E-state index in [4.69, 9.17) is 0 Å². The first-order valence-electron chi connectivity index (χ1n) is 6.04. The molecule has 1 heterocycles. The molecule has 1 amide bonds. The van der Waals surface area contributed by atoms with Crippen molar-refractivity contribution in [1.82, 2.24) is 15.5 Å². The van der Waals surface area contributed by atoms with Gasteiger partial charge < -0.3 is 10.6 Å². The molecule has 1 aromatic carbocycles. The van der Waals surface area contributed by atoms with Crippen LogP contribution in [0.3, 0.4) is 0 Å². The van der Waals surface area contributed by atoms with Gasteiger partial charge in [0.25, 0.3) is 0 Å². The fourth-order valence-electron chi connectivity index (χ4n) is 2.24. The van der Waals surface area contributed by atoms with Gasteiger partial charge in [0.1, 0.15) is 6.04 Å². The molecule has 92 valence electrons. The van der Waals surface area contributed by atoms with Crippen LogP contribution in [-0.4, -0.2) is 44.0 Å².